The molecule has 178 valence electrons. The Bertz CT molecular complexity index is 1350. The van der Waals surface area contributed by atoms with E-state index in [1.165, 1.54) is 0 Å². The molecule has 0 saturated carbocycles. The van der Waals surface area contributed by atoms with Gasteiger partial charge in [-0.1, -0.05) is 64.6 Å². The van der Waals surface area contributed by atoms with Gasteiger partial charge in [0.25, 0.3) is 0 Å². The largest absolute Gasteiger partial charge is 0.256 e. The lowest BCUT2D eigenvalue weighted by Gasteiger charge is -2.25. The second-order valence-electron chi connectivity index (χ2n) is 8.43. The fourth-order valence-corrected chi connectivity index (χ4v) is 6.44. The second-order valence-corrected chi connectivity index (χ2v) is 11.4. The molecule has 0 saturated heterocycles. The van der Waals surface area contributed by atoms with Crippen LogP contribution in [0.4, 0.5) is 5.69 Å². The van der Waals surface area contributed by atoms with Gasteiger partial charge in [-0.25, -0.2) is 13.1 Å². The fraction of sp³-hybridized carbons (Fsp3) is 0.240. The average molecular weight is 537 g/mol. The van der Waals surface area contributed by atoms with E-state index in [0.717, 1.165) is 11.1 Å². The third-order valence-electron chi connectivity index (χ3n) is 5.72. The molecule has 1 atom stereocenters. The standard InChI is InChI=1S/C25H24Cl3N3O2S/c1-15-10-16(2)25(17(3)11-15)34(32,33)29-14-21-13-24(18-4-6-19(26)7-5-18)31(30-21)23-9-8-20(27)12-22(23)28/h4-12,24,29H,13-14H2,1-3H3/t24-/m0/s1. The minimum Gasteiger partial charge on any atom is -0.256 e. The van der Waals surface area contributed by atoms with Crippen molar-refractivity contribution in [1.29, 1.82) is 0 Å². The molecule has 4 rings (SSSR count). The predicted molar refractivity (Wildman–Crippen MR) is 141 cm³/mol. The van der Waals surface area contributed by atoms with Gasteiger partial charge in [-0.3, -0.25) is 5.01 Å². The third kappa shape index (κ3) is 5.26. The smallest absolute Gasteiger partial charge is 0.241 e. The molecule has 0 fully saturated rings. The molecule has 34 heavy (non-hydrogen) atoms. The molecular formula is C25H24Cl3N3O2S. The first kappa shape index (κ1) is 25.0. The lowest BCUT2D eigenvalue weighted by atomic mass is 10.0. The quantitative estimate of drug-likeness (QED) is 0.374. The third-order valence-corrected chi connectivity index (χ3v) is 8.22. The molecule has 0 spiro atoms. The van der Waals surface area contributed by atoms with Crippen LogP contribution >= 0.6 is 34.8 Å². The minimum absolute atomic E-state index is 0.0842. The van der Waals surface area contributed by atoms with Crippen molar-refractivity contribution in [1.82, 2.24) is 4.72 Å². The summed E-state index contributed by atoms with van der Waals surface area (Å²) in [5.74, 6) is 0. The van der Waals surface area contributed by atoms with Crippen molar-refractivity contribution in [2.45, 2.75) is 38.1 Å². The summed E-state index contributed by atoms with van der Waals surface area (Å²) < 4.78 is 29.0. The van der Waals surface area contributed by atoms with Crippen LogP contribution < -0.4 is 9.73 Å². The summed E-state index contributed by atoms with van der Waals surface area (Å²) in [5.41, 5.74) is 4.82. The Morgan fingerprint density at radius 1 is 0.941 bits per heavy atom. The molecule has 5 nitrogen and oxygen atoms in total. The van der Waals surface area contributed by atoms with E-state index in [1.807, 2.05) is 68.2 Å². The highest BCUT2D eigenvalue weighted by Crippen LogP contribution is 2.39. The van der Waals surface area contributed by atoms with Gasteiger partial charge >= 0.3 is 0 Å². The van der Waals surface area contributed by atoms with Crippen LogP contribution in [0.5, 0.6) is 0 Å². The van der Waals surface area contributed by atoms with E-state index < -0.39 is 10.0 Å². The average Bonchev–Trinajstić information content (AvgIpc) is 3.16. The van der Waals surface area contributed by atoms with Gasteiger partial charge in [0.15, 0.2) is 0 Å². The topological polar surface area (TPSA) is 61.8 Å². The van der Waals surface area contributed by atoms with E-state index in [2.05, 4.69) is 4.72 Å². The van der Waals surface area contributed by atoms with Crippen LogP contribution in [0, 0.1) is 20.8 Å². The van der Waals surface area contributed by atoms with Crippen LogP contribution in [0.3, 0.4) is 0 Å². The molecule has 1 aliphatic heterocycles. The second kappa shape index (κ2) is 9.88. The van der Waals surface area contributed by atoms with Crippen molar-refractivity contribution >= 4 is 56.2 Å². The maximum absolute atomic E-state index is 13.1. The molecule has 0 amide bonds. The van der Waals surface area contributed by atoms with Crippen LogP contribution in [-0.4, -0.2) is 20.7 Å². The highest BCUT2D eigenvalue weighted by Gasteiger charge is 2.31. The van der Waals surface area contributed by atoms with Crippen molar-refractivity contribution < 1.29 is 8.42 Å². The number of rotatable bonds is 6. The first-order valence-electron chi connectivity index (χ1n) is 10.7. The molecule has 0 radical (unpaired) electrons. The van der Waals surface area contributed by atoms with E-state index in [1.54, 1.807) is 12.1 Å². The number of nitrogens with zero attached hydrogens (tertiary/aromatic N) is 2. The Morgan fingerprint density at radius 2 is 1.56 bits per heavy atom. The first-order chi connectivity index (χ1) is 16.0. The molecule has 1 aliphatic rings. The number of anilines is 1. The Kier molecular flexibility index (Phi) is 7.27. The number of sulfonamides is 1. The highest BCUT2D eigenvalue weighted by molar-refractivity contribution is 7.89. The van der Waals surface area contributed by atoms with Gasteiger partial charge in [0.2, 0.25) is 10.0 Å². The maximum atomic E-state index is 13.1. The summed E-state index contributed by atoms with van der Waals surface area (Å²) in [4.78, 5) is 0.309. The fourth-order valence-electron chi connectivity index (χ4n) is 4.35. The van der Waals surface area contributed by atoms with Gasteiger partial charge < -0.3 is 0 Å². The molecule has 0 unspecified atom stereocenters. The van der Waals surface area contributed by atoms with Crippen LogP contribution in [0.1, 0.15) is 34.7 Å². The summed E-state index contributed by atoms with van der Waals surface area (Å²) >= 11 is 18.7. The number of benzene rings is 3. The number of hydrogen-bond donors (Lipinski definition) is 1. The summed E-state index contributed by atoms with van der Waals surface area (Å²) in [6, 6.07) is 16.3. The number of nitrogens with one attached hydrogen (secondary N) is 1. The van der Waals surface area contributed by atoms with Gasteiger partial charge in [0, 0.05) is 16.5 Å². The SMILES string of the molecule is Cc1cc(C)c(S(=O)(=O)NCC2=NN(c3ccc(Cl)cc3Cl)[C@H](c3ccc(Cl)cc3)C2)c(C)c1. The van der Waals surface area contributed by atoms with E-state index >= 15 is 0 Å². The van der Waals surface area contributed by atoms with Crippen molar-refractivity contribution in [2.75, 3.05) is 11.6 Å². The van der Waals surface area contributed by atoms with Gasteiger partial charge in [0.1, 0.15) is 0 Å². The first-order valence-corrected chi connectivity index (χ1v) is 13.3. The zero-order chi connectivity index (χ0) is 24.6. The number of hydrogen-bond acceptors (Lipinski definition) is 4. The van der Waals surface area contributed by atoms with Gasteiger partial charge in [0.05, 0.1) is 33.9 Å². The molecule has 3 aromatic carbocycles. The van der Waals surface area contributed by atoms with Gasteiger partial charge in [-0.2, -0.15) is 5.10 Å². The van der Waals surface area contributed by atoms with Gasteiger partial charge in [-0.15, -0.1) is 0 Å². The van der Waals surface area contributed by atoms with Crippen molar-refractivity contribution in [2.24, 2.45) is 5.10 Å². The van der Waals surface area contributed by atoms with E-state index in [4.69, 9.17) is 39.9 Å². The molecule has 1 heterocycles. The summed E-state index contributed by atoms with van der Waals surface area (Å²) in [7, 11) is -3.72. The zero-order valence-electron chi connectivity index (χ0n) is 18.9. The molecule has 0 aromatic heterocycles. The van der Waals surface area contributed by atoms with Crippen molar-refractivity contribution in [3.05, 3.63) is 91.9 Å². The Labute approximate surface area is 215 Å². The zero-order valence-corrected chi connectivity index (χ0v) is 22.0. The molecule has 3 aromatic rings. The summed E-state index contributed by atoms with van der Waals surface area (Å²) in [6.07, 6.45) is 0.523. The van der Waals surface area contributed by atoms with Crippen LogP contribution in [-0.2, 0) is 10.0 Å². The molecule has 0 aliphatic carbocycles. The molecule has 0 bridgehead atoms. The van der Waals surface area contributed by atoms with Gasteiger partial charge in [-0.05, 0) is 67.8 Å². The lowest BCUT2D eigenvalue weighted by Crippen LogP contribution is -2.30. The Balaban J connectivity index is 1.63. The van der Waals surface area contributed by atoms with E-state index in [0.29, 0.717) is 48.9 Å². The van der Waals surface area contributed by atoms with Crippen LogP contribution in [0.25, 0.3) is 0 Å². The van der Waals surface area contributed by atoms with Crippen LogP contribution in [0.15, 0.2) is 64.6 Å². The summed E-state index contributed by atoms with van der Waals surface area (Å²) in [6.45, 7) is 5.65. The van der Waals surface area contributed by atoms with Crippen molar-refractivity contribution in [3.8, 4) is 0 Å². The predicted octanol–water partition coefficient (Wildman–Crippen LogP) is 6.86. The number of hydrazone groups is 1. The van der Waals surface area contributed by atoms with Crippen molar-refractivity contribution in [3.63, 3.8) is 0 Å². The Morgan fingerprint density at radius 3 is 2.18 bits per heavy atom. The summed E-state index contributed by atoms with van der Waals surface area (Å²) in [5, 5.41) is 8.18. The maximum Gasteiger partial charge on any atom is 0.241 e. The number of aryl methyl sites for hydroxylation is 3. The van der Waals surface area contributed by atoms with Crippen LogP contribution in [0.2, 0.25) is 15.1 Å². The Hall–Kier alpha value is -2.09. The minimum atomic E-state index is -3.72. The molecule has 1 N–H and O–H groups in total. The molecule has 9 heteroatoms. The molecular weight excluding hydrogens is 513 g/mol. The highest BCUT2D eigenvalue weighted by atomic mass is 35.5. The normalized spacial score (nSPS) is 16.1. The van der Waals surface area contributed by atoms with E-state index in [-0.39, 0.29) is 12.6 Å². The van der Waals surface area contributed by atoms with E-state index in [9.17, 15) is 8.42 Å². The monoisotopic (exact) mass is 535 g/mol. The number of halogens is 3. The lowest BCUT2D eigenvalue weighted by molar-refractivity contribution is 0.585.